The average molecular weight is 248 g/mol. The molecule has 0 fully saturated rings. The number of hydrogen-bond donors (Lipinski definition) is 1. The highest BCUT2D eigenvalue weighted by atomic mass is 35.5. The Morgan fingerprint density at radius 1 is 1.27 bits per heavy atom. The Hall–Kier alpha value is -0.280. The van der Waals surface area contributed by atoms with Crippen molar-refractivity contribution in [2.24, 2.45) is 0 Å². The van der Waals surface area contributed by atoms with E-state index in [4.69, 9.17) is 27.9 Å². The third-order valence-electron chi connectivity index (χ3n) is 2.03. The van der Waals surface area contributed by atoms with Gasteiger partial charge in [0.25, 0.3) is 0 Å². The fourth-order valence-corrected chi connectivity index (χ4v) is 1.69. The summed E-state index contributed by atoms with van der Waals surface area (Å²) in [5, 5.41) is 4.39. The second-order valence-corrected chi connectivity index (χ2v) is 4.05. The number of rotatable bonds is 6. The molecule has 0 aromatic heterocycles. The van der Waals surface area contributed by atoms with E-state index in [1.807, 2.05) is 19.2 Å². The van der Waals surface area contributed by atoms with Crippen LogP contribution in [0.3, 0.4) is 0 Å². The van der Waals surface area contributed by atoms with Crippen LogP contribution in [-0.2, 0) is 11.2 Å². The number of likely N-dealkylation sites (N-methyl/N-ethyl adjacent to an activating group) is 1. The van der Waals surface area contributed by atoms with Crippen molar-refractivity contribution in [2.75, 3.05) is 26.8 Å². The zero-order valence-electron chi connectivity index (χ0n) is 8.72. The maximum absolute atomic E-state index is 6.02. The van der Waals surface area contributed by atoms with Crippen molar-refractivity contribution in [3.63, 3.8) is 0 Å². The standard InChI is InChI=1S/C11H15Cl2NO/c1-14-5-7-15-6-4-9-2-3-10(12)8-11(9)13/h2-3,8,14H,4-7H2,1H3. The van der Waals surface area contributed by atoms with Gasteiger partial charge in [-0.25, -0.2) is 0 Å². The Balaban J connectivity index is 2.31. The van der Waals surface area contributed by atoms with Gasteiger partial charge in [0.05, 0.1) is 13.2 Å². The molecule has 1 rings (SSSR count). The number of nitrogens with one attached hydrogen (secondary N) is 1. The van der Waals surface area contributed by atoms with Crippen LogP contribution < -0.4 is 5.32 Å². The van der Waals surface area contributed by atoms with Crippen molar-refractivity contribution >= 4 is 23.2 Å². The van der Waals surface area contributed by atoms with Gasteiger partial charge in [0, 0.05) is 16.6 Å². The molecule has 0 saturated carbocycles. The highest BCUT2D eigenvalue weighted by Gasteiger charge is 2.00. The number of hydrogen-bond acceptors (Lipinski definition) is 2. The molecule has 0 aliphatic carbocycles. The molecule has 4 heteroatoms. The summed E-state index contributed by atoms with van der Waals surface area (Å²) in [4.78, 5) is 0. The summed E-state index contributed by atoms with van der Waals surface area (Å²) >= 11 is 11.8. The Morgan fingerprint density at radius 3 is 2.73 bits per heavy atom. The van der Waals surface area contributed by atoms with E-state index in [9.17, 15) is 0 Å². The molecule has 1 aromatic rings. The summed E-state index contributed by atoms with van der Waals surface area (Å²) < 4.78 is 5.41. The fraction of sp³-hybridized carbons (Fsp3) is 0.455. The summed E-state index contributed by atoms with van der Waals surface area (Å²) in [7, 11) is 1.90. The Labute approximate surface area is 101 Å². The smallest absolute Gasteiger partial charge is 0.0590 e. The molecule has 84 valence electrons. The van der Waals surface area contributed by atoms with Gasteiger partial charge in [-0.3, -0.25) is 0 Å². The second kappa shape index (κ2) is 7.07. The monoisotopic (exact) mass is 247 g/mol. The molecule has 0 spiro atoms. The lowest BCUT2D eigenvalue weighted by Gasteiger charge is -2.06. The SMILES string of the molecule is CNCCOCCc1ccc(Cl)cc1Cl. The van der Waals surface area contributed by atoms with Crippen LogP contribution in [0.5, 0.6) is 0 Å². The first kappa shape index (κ1) is 12.8. The molecule has 0 saturated heterocycles. The minimum Gasteiger partial charge on any atom is -0.380 e. The van der Waals surface area contributed by atoms with E-state index in [1.54, 1.807) is 6.07 Å². The predicted molar refractivity (Wildman–Crippen MR) is 64.9 cm³/mol. The quantitative estimate of drug-likeness (QED) is 0.781. The van der Waals surface area contributed by atoms with Crippen LogP contribution in [0, 0.1) is 0 Å². The summed E-state index contributed by atoms with van der Waals surface area (Å²) in [6.07, 6.45) is 0.819. The fourth-order valence-electron chi connectivity index (χ4n) is 1.18. The summed E-state index contributed by atoms with van der Waals surface area (Å²) in [5.74, 6) is 0. The molecule has 15 heavy (non-hydrogen) atoms. The first-order valence-corrected chi connectivity index (χ1v) is 5.66. The van der Waals surface area contributed by atoms with Crippen LogP contribution in [0.25, 0.3) is 0 Å². The van der Waals surface area contributed by atoms with E-state index in [0.717, 1.165) is 25.1 Å². The zero-order valence-corrected chi connectivity index (χ0v) is 10.2. The maximum atomic E-state index is 6.02. The molecule has 2 nitrogen and oxygen atoms in total. The molecule has 1 N–H and O–H groups in total. The third kappa shape index (κ3) is 4.85. The second-order valence-electron chi connectivity index (χ2n) is 3.20. The Kier molecular flexibility index (Phi) is 6.03. The molecule has 0 unspecified atom stereocenters. The van der Waals surface area contributed by atoms with Crippen LogP contribution in [-0.4, -0.2) is 26.8 Å². The van der Waals surface area contributed by atoms with Gasteiger partial charge < -0.3 is 10.1 Å². The van der Waals surface area contributed by atoms with Gasteiger partial charge in [0.15, 0.2) is 0 Å². The molecular weight excluding hydrogens is 233 g/mol. The molecule has 0 heterocycles. The average Bonchev–Trinajstić information content (AvgIpc) is 2.20. The lowest BCUT2D eigenvalue weighted by molar-refractivity contribution is 0.140. The number of ether oxygens (including phenoxy) is 1. The normalized spacial score (nSPS) is 10.6. The molecule has 0 atom stereocenters. The third-order valence-corrected chi connectivity index (χ3v) is 2.61. The largest absolute Gasteiger partial charge is 0.380 e. The van der Waals surface area contributed by atoms with Gasteiger partial charge in [-0.2, -0.15) is 0 Å². The van der Waals surface area contributed by atoms with Crippen molar-refractivity contribution < 1.29 is 4.74 Å². The van der Waals surface area contributed by atoms with E-state index in [-0.39, 0.29) is 0 Å². The topological polar surface area (TPSA) is 21.3 Å². The predicted octanol–water partition coefficient (Wildman–Crippen LogP) is 2.77. The van der Waals surface area contributed by atoms with E-state index in [0.29, 0.717) is 16.7 Å². The molecular formula is C11H15Cl2NO. The van der Waals surface area contributed by atoms with E-state index in [2.05, 4.69) is 5.32 Å². The van der Waals surface area contributed by atoms with Crippen molar-refractivity contribution in [3.8, 4) is 0 Å². The first-order valence-electron chi connectivity index (χ1n) is 4.90. The highest BCUT2D eigenvalue weighted by Crippen LogP contribution is 2.21. The Morgan fingerprint density at radius 2 is 2.07 bits per heavy atom. The van der Waals surface area contributed by atoms with Gasteiger partial charge in [-0.1, -0.05) is 29.3 Å². The van der Waals surface area contributed by atoms with Gasteiger partial charge in [-0.05, 0) is 31.2 Å². The summed E-state index contributed by atoms with van der Waals surface area (Å²) in [5.41, 5.74) is 1.07. The van der Waals surface area contributed by atoms with Crippen LogP contribution >= 0.6 is 23.2 Å². The van der Waals surface area contributed by atoms with Crippen LogP contribution in [0.15, 0.2) is 18.2 Å². The van der Waals surface area contributed by atoms with E-state index >= 15 is 0 Å². The minimum absolute atomic E-state index is 0.667. The number of halogens is 2. The van der Waals surface area contributed by atoms with E-state index in [1.165, 1.54) is 0 Å². The lowest BCUT2D eigenvalue weighted by atomic mass is 10.2. The van der Waals surface area contributed by atoms with Crippen LogP contribution in [0.4, 0.5) is 0 Å². The summed E-state index contributed by atoms with van der Waals surface area (Å²) in [6, 6.07) is 5.54. The van der Waals surface area contributed by atoms with Crippen molar-refractivity contribution in [1.29, 1.82) is 0 Å². The summed E-state index contributed by atoms with van der Waals surface area (Å²) in [6.45, 7) is 2.28. The highest BCUT2D eigenvalue weighted by molar-refractivity contribution is 6.35. The van der Waals surface area contributed by atoms with Crippen LogP contribution in [0.2, 0.25) is 10.0 Å². The molecule has 0 aliphatic rings. The van der Waals surface area contributed by atoms with E-state index < -0.39 is 0 Å². The van der Waals surface area contributed by atoms with Crippen molar-refractivity contribution in [2.45, 2.75) is 6.42 Å². The maximum Gasteiger partial charge on any atom is 0.0590 e. The van der Waals surface area contributed by atoms with Gasteiger partial charge in [0.1, 0.15) is 0 Å². The Bertz CT molecular complexity index is 305. The molecule has 0 aliphatic heterocycles. The zero-order chi connectivity index (χ0) is 11.1. The minimum atomic E-state index is 0.667. The van der Waals surface area contributed by atoms with Crippen molar-refractivity contribution in [1.82, 2.24) is 5.32 Å². The molecule has 0 radical (unpaired) electrons. The van der Waals surface area contributed by atoms with Gasteiger partial charge in [-0.15, -0.1) is 0 Å². The van der Waals surface area contributed by atoms with Gasteiger partial charge in [0.2, 0.25) is 0 Å². The molecule has 0 bridgehead atoms. The van der Waals surface area contributed by atoms with Gasteiger partial charge >= 0.3 is 0 Å². The molecule has 0 amide bonds. The molecule has 1 aromatic carbocycles. The lowest BCUT2D eigenvalue weighted by Crippen LogP contribution is -2.15. The van der Waals surface area contributed by atoms with Crippen molar-refractivity contribution in [3.05, 3.63) is 33.8 Å². The first-order chi connectivity index (χ1) is 7.24. The van der Waals surface area contributed by atoms with Crippen LogP contribution in [0.1, 0.15) is 5.56 Å². The number of benzene rings is 1.